The highest BCUT2D eigenvalue weighted by atomic mass is 16.5. The van der Waals surface area contributed by atoms with Gasteiger partial charge in [-0.05, 0) is 35.8 Å². The van der Waals surface area contributed by atoms with Crippen LogP contribution in [0, 0.1) is 11.8 Å². The van der Waals surface area contributed by atoms with Crippen LogP contribution in [0.3, 0.4) is 0 Å². The summed E-state index contributed by atoms with van der Waals surface area (Å²) in [7, 11) is 0. The molecule has 0 fully saturated rings. The first-order valence-corrected chi connectivity index (χ1v) is 20.9. The molecule has 4 unspecified atom stereocenters. The van der Waals surface area contributed by atoms with Crippen LogP contribution in [0.25, 0.3) is 0 Å². The fourth-order valence-corrected chi connectivity index (χ4v) is 7.90. The molecule has 47 heavy (non-hydrogen) atoms. The van der Waals surface area contributed by atoms with Crippen LogP contribution >= 0.6 is 0 Å². The SMILES string of the molecule is CCCCCCCCCCCCC(CC)C(COCC(c1ccccc1)C(CC)CCCCCCCCCCCC)c1ccccc1. The van der Waals surface area contributed by atoms with Gasteiger partial charge in [0.1, 0.15) is 0 Å². The van der Waals surface area contributed by atoms with Crippen molar-refractivity contribution < 1.29 is 4.74 Å². The summed E-state index contributed by atoms with van der Waals surface area (Å²) in [5, 5.41) is 0. The number of rotatable bonds is 32. The second-order valence-electron chi connectivity index (χ2n) is 14.8. The topological polar surface area (TPSA) is 9.23 Å². The van der Waals surface area contributed by atoms with Gasteiger partial charge in [-0.15, -0.1) is 0 Å². The quantitative estimate of drug-likeness (QED) is 0.0719. The summed E-state index contributed by atoms with van der Waals surface area (Å²) >= 11 is 0. The molecule has 2 aromatic carbocycles. The maximum atomic E-state index is 6.83. The first kappa shape index (κ1) is 41.6. The summed E-state index contributed by atoms with van der Waals surface area (Å²) in [4.78, 5) is 0. The van der Waals surface area contributed by atoms with Crippen molar-refractivity contribution in [3.05, 3.63) is 71.8 Å². The number of hydrogen-bond acceptors (Lipinski definition) is 1. The standard InChI is InChI=1S/C46H78O/c1-5-9-11-13-15-17-19-21-23-27-33-41(7-3)45(43-35-29-25-30-36-43)39-47-40-46(44-37-31-26-32-38-44)42(8-4)34-28-24-22-20-18-16-14-12-10-6-2/h25-26,29-32,35-38,41-42,45-46H,5-24,27-28,33-34,39-40H2,1-4H3. The molecule has 0 heterocycles. The highest BCUT2D eigenvalue weighted by Gasteiger charge is 2.25. The van der Waals surface area contributed by atoms with E-state index in [1.54, 1.807) is 0 Å². The monoisotopic (exact) mass is 647 g/mol. The summed E-state index contributed by atoms with van der Waals surface area (Å²) in [6.45, 7) is 11.1. The minimum Gasteiger partial charge on any atom is -0.380 e. The Morgan fingerprint density at radius 2 is 0.681 bits per heavy atom. The summed E-state index contributed by atoms with van der Waals surface area (Å²) in [5.74, 6) is 2.35. The third kappa shape index (κ3) is 19.2. The van der Waals surface area contributed by atoms with Crippen LogP contribution in [0.5, 0.6) is 0 Å². The zero-order valence-corrected chi connectivity index (χ0v) is 31.9. The zero-order valence-electron chi connectivity index (χ0n) is 31.9. The van der Waals surface area contributed by atoms with Crippen LogP contribution in [0.1, 0.15) is 205 Å². The van der Waals surface area contributed by atoms with Crippen LogP contribution in [-0.4, -0.2) is 13.2 Å². The normalized spacial score (nSPS) is 14.2. The lowest BCUT2D eigenvalue weighted by Gasteiger charge is -2.30. The second-order valence-corrected chi connectivity index (χ2v) is 14.8. The first-order chi connectivity index (χ1) is 23.2. The van der Waals surface area contributed by atoms with Gasteiger partial charge in [-0.3, -0.25) is 0 Å². The second kappa shape index (κ2) is 29.3. The van der Waals surface area contributed by atoms with Crippen molar-refractivity contribution in [3.63, 3.8) is 0 Å². The lowest BCUT2D eigenvalue weighted by atomic mass is 9.80. The van der Waals surface area contributed by atoms with Gasteiger partial charge >= 0.3 is 0 Å². The molecule has 0 saturated carbocycles. The van der Waals surface area contributed by atoms with Gasteiger partial charge < -0.3 is 4.74 Å². The Hall–Kier alpha value is -1.60. The van der Waals surface area contributed by atoms with Gasteiger partial charge in [0.15, 0.2) is 0 Å². The van der Waals surface area contributed by atoms with Crippen LogP contribution < -0.4 is 0 Å². The Morgan fingerprint density at radius 3 is 0.979 bits per heavy atom. The van der Waals surface area contributed by atoms with Gasteiger partial charge in [0.2, 0.25) is 0 Å². The maximum absolute atomic E-state index is 6.83. The molecule has 1 heteroatoms. The van der Waals surface area contributed by atoms with E-state index in [1.807, 2.05) is 0 Å². The summed E-state index contributed by atoms with van der Waals surface area (Å²) in [6, 6.07) is 22.6. The van der Waals surface area contributed by atoms with E-state index in [0.29, 0.717) is 23.7 Å². The predicted molar refractivity (Wildman–Crippen MR) is 210 cm³/mol. The maximum Gasteiger partial charge on any atom is 0.0537 e. The molecule has 1 nitrogen and oxygen atoms in total. The fourth-order valence-electron chi connectivity index (χ4n) is 7.90. The molecular formula is C46H78O. The van der Waals surface area contributed by atoms with Gasteiger partial charge in [-0.2, -0.15) is 0 Å². The molecule has 0 spiro atoms. The van der Waals surface area contributed by atoms with Crippen LogP contribution in [0.15, 0.2) is 60.7 Å². The predicted octanol–water partition coefficient (Wildman–Crippen LogP) is 15.2. The van der Waals surface area contributed by atoms with Crippen molar-refractivity contribution in [1.82, 2.24) is 0 Å². The molecule has 0 saturated heterocycles. The third-order valence-electron chi connectivity index (χ3n) is 11.1. The van der Waals surface area contributed by atoms with Crippen molar-refractivity contribution >= 4 is 0 Å². The smallest absolute Gasteiger partial charge is 0.0537 e. The Morgan fingerprint density at radius 1 is 0.383 bits per heavy atom. The van der Waals surface area contributed by atoms with Gasteiger partial charge in [0, 0.05) is 11.8 Å². The van der Waals surface area contributed by atoms with Gasteiger partial charge in [0.25, 0.3) is 0 Å². The van der Waals surface area contributed by atoms with Crippen molar-refractivity contribution in [2.24, 2.45) is 11.8 Å². The van der Waals surface area contributed by atoms with E-state index < -0.39 is 0 Å². The molecule has 2 rings (SSSR count). The first-order valence-electron chi connectivity index (χ1n) is 20.9. The van der Waals surface area contributed by atoms with E-state index in [0.717, 1.165) is 13.2 Å². The number of benzene rings is 2. The third-order valence-corrected chi connectivity index (χ3v) is 11.1. The molecule has 0 aliphatic heterocycles. The van der Waals surface area contributed by atoms with Crippen LogP contribution in [0.2, 0.25) is 0 Å². The molecule has 0 aliphatic carbocycles. The summed E-state index contributed by atoms with van der Waals surface area (Å²) < 4.78 is 6.83. The molecule has 2 aromatic rings. The van der Waals surface area contributed by atoms with Crippen molar-refractivity contribution in [2.45, 2.75) is 194 Å². The van der Waals surface area contributed by atoms with E-state index in [9.17, 15) is 0 Å². The molecule has 4 atom stereocenters. The summed E-state index contributed by atoms with van der Waals surface area (Å²) in [5.41, 5.74) is 2.94. The highest BCUT2D eigenvalue weighted by molar-refractivity contribution is 5.22. The minimum atomic E-state index is 0.484. The average Bonchev–Trinajstić information content (AvgIpc) is 3.11. The number of hydrogen-bond donors (Lipinski definition) is 0. The molecule has 0 bridgehead atoms. The number of ether oxygens (including phenoxy) is 1. The average molecular weight is 647 g/mol. The van der Waals surface area contributed by atoms with Crippen LogP contribution in [0.4, 0.5) is 0 Å². The van der Waals surface area contributed by atoms with Crippen molar-refractivity contribution in [2.75, 3.05) is 13.2 Å². The van der Waals surface area contributed by atoms with Crippen LogP contribution in [-0.2, 0) is 4.74 Å². The molecule has 268 valence electrons. The van der Waals surface area contributed by atoms with E-state index in [4.69, 9.17) is 4.74 Å². The molecular weight excluding hydrogens is 569 g/mol. The van der Waals surface area contributed by atoms with E-state index >= 15 is 0 Å². The minimum absolute atomic E-state index is 0.484. The van der Waals surface area contributed by atoms with Gasteiger partial charge in [-0.1, -0.05) is 230 Å². The lowest BCUT2D eigenvalue weighted by molar-refractivity contribution is 0.0749. The van der Waals surface area contributed by atoms with E-state index in [1.165, 1.54) is 165 Å². The summed E-state index contributed by atoms with van der Waals surface area (Å²) in [6.07, 6.45) is 33.3. The van der Waals surface area contributed by atoms with Gasteiger partial charge in [0.05, 0.1) is 13.2 Å². The van der Waals surface area contributed by atoms with Crippen molar-refractivity contribution in [3.8, 4) is 0 Å². The van der Waals surface area contributed by atoms with E-state index in [2.05, 4.69) is 88.4 Å². The number of unbranched alkanes of at least 4 members (excludes halogenated alkanes) is 18. The Balaban J connectivity index is 1.88. The highest BCUT2D eigenvalue weighted by Crippen LogP contribution is 2.35. The molecule has 0 N–H and O–H groups in total. The lowest BCUT2D eigenvalue weighted by Crippen LogP contribution is -2.23. The van der Waals surface area contributed by atoms with Crippen molar-refractivity contribution in [1.29, 1.82) is 0 Å². The molecule has 0 radical (unpaired) electrons. The Kier molecular flexibility index (Phi) is 25.9. The molecule has 0 aromatic heterocycles. The van der Waals surface area contributed by atoms with Gasteiger partial charge in [-0.25, -0.2) is 0 Å². The molecule has 0 aliphatic rings. The largest absolute Gasteiger partial charge is 0.380 e. The Labute approximate surface area is 294 Å². The molecule has 0 amide bonds. The van der Waals surface area contributed by atoms with E-state index in [-0.39, 0.29) is 0 Å². The fraction of sp³-hybridized carbons (Fsp3) is 0.739. The Bertz CT molecular complexity index is 832. The zero-order chi connectivity index (χ0) is 33.6.